The standard InChI is InChI=1S/C12H12N4O/c1-16-8-4-6-11(16)12(17)15-14-9-10-5-2-3-7-13-10/h2-9H,1H3,(H,15,17)/b14-9+. The molecule has 0 aromatic carbocycles. The van der Waals surface area contributed by atoms with Gasteiger partial charge in [-0.3, -0.25) is 9.78 Å². The van der Waals surface area contributed by atoms with Crippen LogP contribution in [0, 0.1) is 0 Å². The van der Waals surface area contributed by atoms with Crippen molar-refractivity contribution in [1.29, 1.82) is 0 Å². The Hall–Kier alpha value is -2.43. The zero-order chi connectivity index (χ0) is 12.1. The predicted octanol–water partition coefficient (Wildman–Crippen LogP) is 1.18. The predicted molar refractivity (Wildman–Crippen MR) is 64.7 cm³/mol. The van der Waals surface area contributed by atoms with Crippen LogP contribution in [0.15, 0.2) is 47.8 Å². The van der Waals surface area contributed by atoms with Gasteiger partial charge in [-0.15, -0.1) is 0 Å². The van der Waals surface area contributed by atoms with Crippen molar-refractivity contribution in [2.45, 2.75) is 0 Å². The summed E-state index contributed by atoms with van der Waals surface area (Å²) in [7, 11) is 1.80. The maximum atomic E-state index is 11.7. The van der Waals surface area contributed by atoms with Gasteiger partial charge in [-0.05, 0) is 24.3 Å². The summed E-state index contributed by atoms with van der Waals surface area (Å²) in [6.45, 7) is 0. The van der Waals surface area contributed by atoms with Gasteiger partial charge in [0, 0.05) is 19.4 Å². The Balaban J connectivity index is 1.98. The summed E-state index contributed by atoms with van der Waals surface area (Å²) >= 11 is 0. The summed E-state index contributed by atoms with van der Waals surface area (Å²) in [6, 6.07) is 9.01. The SMILES string of the molecule is Cn1cccc1C(=O)N/N=C/c1ccccn1. The monoisotopic (exact) mass is 228 g/mol. The lowest BCUT2D eigenvalue weighted by Crippen LogP contribution is -2.20. The van der Waals surface area contributed by atoms with E-state index in [0.717, 1.165) is 0 Å². The third-order valence-corrected chi connectivity index (χ3v) is 2.23. The fourth-order valence-corrected chi connectivity index (χ4v) is 1.36. The fourth-order valence-electron chi connectivity index (χ4n) is 1.36. The first kappa shape index (κ1) is 11.1. The molecule has 2 aromatic heterocycles. The number of aromatic nitrogens is 2. The number of aryl methyl sites for hydroxylation is 1. The summed E-state index contributed by atoms with van der Waals surface area (Å²) in [5.41, 5.74) is 3.70. The Bertz CT molecular complexity index is 530. The first-order valence-electron chi connectivity index (χ1n) is 5.13. The molecule has 2 aromatic rings. The number of carbonyl (C=O) groups excluding carboxylic acids is 1. The molecule has 0 unspecified atom stereocenters. The van der Waals surface area contributed by atoms with E-state index in [1.807, 2.05) is 12.1 Å². The van der Waals surface area contributed by atoms with E-state index in [1.165, 1.54) is 6.21 Å². The molecule has 2 rings (SSSR count). The number of pyridine rings is 1. The Morgan fingerprint density at radius 1 is 1.41 bits per heavy atom. The molecule has 86 valence electrons. The lowest BCUT2D eigenvalue weighted by atomic mass is 10.4. The van der Waals surface area contributed by atoms with Crippen molar-refractivity contribution in [1.82, 2.24) is 15.0 Å². The molecule has 5 heteroatoms. The second-order valence-corrected chi connectivity index (χ2v) is 3.46. The van der Waals surface area contributed by atoms with Crippen LogP contribution in [-0.4, -0.2) is 21.7 Å². The van der Waals surface area contributed by atoms with Crippen molar-refractivity contribution in [2.75, 3.05) is 0 Å². The number of nitrogens with zero attached hydrogens (tertiary/aromatic N) is 3. The van der Waals surface area contributed by atoms with Crippen molar-refractivity contribution in [2.24, 2.45) is 12.1 Å². The number of hydrogen-bond acceptors (Lipinski definition) is 3. The molecular weight excluding hydrogens is 216 g/mol. The lowest BCUT2D eigenvalue weighted by molar-refractivity contribution is 0.0947. The zero-order valence-electron chi connectivity index (χ0n) is 9.37. The van der Waals surface area contributed by atoms with Gasteiger partial charge >= 0.3 is 0 Å². The van der Waals surface area contributed by atoms with Crippen LogP contribution in [0.1, 0.15) is 16.2 Å². The van der Waals surface area contributed by atoms with E-state index in [9.17, 15) is 4.79 Å². The van der Waals surface area contributed by atoms with E-state index < -0.39 is 0 Å². The third-order valence-electron chi connectivity index (χ3n) is 2.23. The highest BCUT2D eigenvalue weighted by Gasteiger charge is 2.06. The van der Waals surface area contributed by atoms with Crippen LogP contribution in [0.2, 0.25) is 0 Å². The first-order valence-corrected chi connectivity index (χ1v) is 5.13. The molecule has 0 aliphatic rings. The number of amides is 1. The van der Waals surface area contributed by atoms with Crippen molar-refractivity contribution in [3.8, 4) is 0 Å². The van der Waals surface area contributed by atoms with E-state index in [2.05, 4.69) is 15.5 Å². The Morgan fingerprint density at radius 3 is 2.94 bits per heavy atom. The second-order valence-electron chi connectivity index (χ2n) is 3.46. The Labute approximate surface area is 98.8 Å². The van der Waals surface area contributed by atoms with Crippen LogP contribution in [-0.2, 0) is 7.05 Å². The van der Waals surface area contributed by atoms with Crippen LogP contribution >= 0.6 is 0 Å². The summed E-state index contributed by atoms with van der Waals surface area (Å²) in [5, 5.41) is 3.84. The van der Waals surface area contributed by atoms with E-state index in [1.54, 1.807) is 42.2 Å². The molecule has 0 fully saturated rings. The molecule has 1 amide bonds. The summed E-state index contributed by atoms with van der Waals surface area (Å²) in [5.74, 6) is -0.246. The maximum absolute atomic E-state index is 11.7. The highest BCUT2D eigenvalue weighted by Crippen LogP contribution is 1.98. The normalized spacial score (nSPS) is 10.6. The number of carbonyl (C=O) groups is 1. The molecule has 0 aliphatic heterocycles. The summed E-state index contributed by atoms with van der Waals surface area (Å²) in [6.07, 6.45) is 4.97. The zero-order valence-corrected chi connectivity index (χ0v) is 9.37. The molecule has 0 atom stereocenters. The van der Waals surface area contributed by atoms with Crippen LogP contribution in [0.4, 0.5) is 0 Å². The highest BCUT2D eigenvalue weighted by atomic mass is 16.2. The van der Waals surface area contributed by atoms with Crippen molar-refractivity contribution >= 4 is 12.1 Å². The number of hydrogen-bond donors (Lipinski definition) is 1. The van der Waals surface area contributed by atoms with Gasteiger partial charge in [0.15, 0.2) is 0 Å². The minimum Gasteiger partial charge on any atom is -0.347 e. The molecule has 0 aliphatic carbocycles. The Kier molecular flexibility index (Phi) is 3.30. The van der Waals surface area contributed by atoms with Crippen LogP contribution < -0.4 is 5.43 Å². The minimum absolute atomic E-state index is 0.246. The van der Waals surface area contributed by atoms with Gasteiger partial charge in [-0.25, -0.2) is 5.43 Å². The minimum atomic E-state index is -0.246. The average Bonchev–Trinajstić information content (AvgIpc) is 2.77. The lowest BCUT2D eigenvalue weighted by Gasteiger charge is -2.00. The molecule has 0 radical (unpaired) electrons. The van der Waals surface area contributed by atoms with Crippen molar-refractivity contribution in [3.63, 3.8) is 0 Å². The molecule has 0 saturated carbocycles. The first-order chi connectivity index (χ1) is 8.27. The van der Waals surface area contributed by atoms with Crippen LogP contribution in [0.3, 0.4) is 0 Å². The summed E-state index contributed by atoms with van der Waals surface area (Å²) < 4.78 is 1.73. The fraction of sp³-hybridized carbons (Fsp3) is 0.0833. The van der Waals surface area contributed by atoms with Crippen molar-refractivity contribution < 1.29 is 4.79 Å². The van der Waals surface area contributed by atoms with Crippen LogP contribution in [0.5, 0.6) is 0 Å². The molecule has 0 bridgehead atoms. The molecular formula is C12H12N4O. The van der Waals surface area contributed by atoms with Crippen LogP contribution in [0.25, 0.3) is 0 Å². The largest absolute Gasteiger partial charge is 0.347 e. The number of hydrazone groups is 1. The smallest absolute Gasteiger partial charge is 0.287 e. The molecule has 0 spiro atoms. The topological polar surface area (TPSA) is 59.3 Å². The average molecular weight is 228 g/mol. The second kappa shape index (κ2) is 5.07. The van der Waals surface area contributed by atoms with Gasteiger partial charge in [0.1, 0.15) is 5.69 Å². The van der Waals surface area contributed by atoms with E-state index in [0.29, 0.717) is 11.4 Å². The molecule has 1 N–H and O–H groups in total. The molecule has 17 heavy (non-hydrogen) atoms. The molecule has 0 saturated heterocycles. The molecule has 5 nitrogen and oxygen atoms in total. The van der Waals surface area contributed by atoms with E-state index in [4.69, 9.17) is 0 Å². The Morgan fingerprint density at radius 2 is 2.29 bits per heavy atom. The third kappa shape index (κ3) is 2.78. The molecule has 2 heterocycles. The van der Waals surface area contributed by atoms with Gasteiger partial charge in [-0.1, -0.05) is 6.07 Å². The van der Waals surface area contributed by atoms with E-state index >= 15 is 0 Å². The van der Waals surface area contributed by atoms with Gasteiger partial charge in [-0.2, -0.15) is 5.10 Å². The van der Waals surface area contributed by atoms with E-state index in [-0.39, 0.29) is 5.91 Å². The number of rotatable bonds is 3. The number of nitrogens with one attached hydrogen (secondary N) is 1. The highest BCUT2D eigenvalue weighted by molar-refractivity contribution is 5.93. The quantitative estimate of drug-likeness (QED) is 0.633. The van der Waals surface area contributed by atoms with Gasteiger partial charge < -0.3 is 4.57 Å². The van der Waals surface area contributed by atoms with Gasteiger partial charge in [0.2, 0.25) is 0 Å². The maximum Gasteiger partial charge on any atom is 0.287 e. The summed E-state index contributed by atoms with van der Waals surface area (Å²) in [4.78, 5) is 15.7. The van der Waals surface area contributed by atoms with Gasteiger partial charge in [0.05, 0.1) is 11.9 Å². The van der Waals surface area contributed by atoms with Crippen molar-refractivity contribution in [3.05, 3.63) is 54.1 Å². The van der Waals surface area contributed by atoms with Gasteiger partial charge in [0.25, 0.3) is 5.91 Å².